The highest BCUT2D eigenvalue weighted by molar-refractivity contribution is 5.86. The summed E-state index contributed by atoms with van der Waals surface area (Å²) < 4.78 is 9.65. The fourth-order valence-electron chi connectivity index (χ4n) is 0.865. The van der Waals surface area contributed by atoms with Crippen LogP contribution in [-0.2, 0) is 19.1 Å². The van der Waals surface area contributed by atoms with Gasteiger partial charge in [-0.3, -0.25) is 4.79 Å². The average Bonchev–Trinajstić information content (AvgIpc) is 2.36. The fraction of sp³-hybridized carbons (Fsp3) is 0.667. The summed E-state index contributed by atoms with van der Waals surface area (Å²) in [6.45, 7) is 5.54. The van der Waals surface area contributed by atoms with Crippen LogP contribution >= 0.6 is 0 Å². The monoisotopic (exact) mass is 260 g/mol. The molecule has 0 aliphatic heterocycles. The lowest BCUT2D eigenvalue weighted by atomic mass is 9.93. The fourth-order valence-corrected chi connectivity index (χ4v) is 0.865. The molecule has 0 fully saturated rings. The largest absolute Gasteiger partial charge is 0.465 e. The molecule has 0 unspecified atom stereocenters. The number of aliphatic hydroxyl groups is 2. The van der Waals surface area contributed by atoms with Gasteiger partial charge in [0.2, 0.25) is 0 Å². The second-order valence-corrected chi connectivity index (χ2v) is 4.28. The molecule has 0 rings (SSSR count). The number of rotatable bonds is 8. The lowest BCUT2D eigenvalue weighted by Crippen LogP contribution is -2.37. The van der Waals surface area contributed by atoms with Crippen LogP contribution in [0.3, 0.4) is 0 Å². The summed E-state index contributed by atoms with van der Waals surface area (Å²) in [4.78, 5) is 22.5. The molecule has 0 saturated heterocycles. The molecule has 0 spiro atoms. The molecular weight excluding hydrogens is 240 g/mol. The first kappa shape index (κ1) is 16.6. The van der Waals surface area contributed by atoms with Gasteiger partial charge >= 0.3 is 11.9 Å². The van der Waals surface area contributed by atoms with Gasteiger partial charge in [0.25, 0.3) is 0 Å². The van der Waals surface area contributed by atoms with Gasteiger partial charge in [0.05, 0.1) is 26.4 Å². The zero-order chi connectivity index (χ0) is 14.2. The Morgan fingerprint density at radius 2 is 1.67 bits per heavy atom. The normalized spacial score (nSPS) is 10.9. The van der Waals surface area contributed by atoms with Gasteiger partial charge in [-0.05, 0) is 13.8 Å². The Labute approximate surface area is 106 Å². The van der Waals surface area contributed by atoms with Gasteiger partial charge in [-0.2, -0.15) is 0 Å². The van der Waals surface area contributed by atoms with Crippen molar-refractivity contribution >= 4 is 11.9 Å². The molecular formula is C12H20O6. The lowest BCUT2D eigenvalue weighted by Gasteiger charge is -2.22. The first-order chi connectivity index (χ1) is 8.37. The van der Waals surface area contributed by atoms with Gasteiger partial charge < -0.3 is 19.7 Å². The van der Waals surface area contributed by atoms with Crippen LogP contribution in [-0.4, -0.2) is 48.6 Å². The summed E-state index contributed by atoms with van der Waals surface area (Å²) in [7, 11) is 0. The van der Waals surface area contributed by atoms with Crippen LogP contribution in [0.1, 0.15) is 20.3 Å². The molecule has 0 heterocycles. The molecule has 0 saturated carbocycles. The summed E-state index contributed by atoms with van der Waals surface area (Å²) in [6.07, 6.45) is 0.345. The number of carbonyl (C=O) groups excluding carboxylic acids is 2. The van der Waals surface area contributed by atoms with E-state index >= 15 is 0 Å². The molecule has 104 valence electrons. The number of aliphatic hydroxyl groups excluding tert-OH is 2. The highest BCUT2D eigenvalue weighted by Gasteiger charge is 2.33. The summed E-state index contributed by atoms with van der Waals surface area (Å²) in [5, 5.41) is 17.9. The highest BCUT2D eigenvalue weighted by atomic mass is 16.5. The van der Waals surface area contributed by atoms with Crippen molar-refractivity contribution in [3.8, 4) is 0 Å². The van der Waals surface area contributed by atoms with Crippen LogP contribution in [0.2, 0.25) is 0 Å². The molecule has 0 aliphatic carbocycles. The third kappa shape index (κ3) is 5.29. The summed E-state index contributed by atoms with van der Waals surface area (Å²) in [5.41, 5.74) is -0.992. The van der Waals surface area contributed by atoms with Gasteiger partial charge in [-0.15, -0.1) is 0 Å². The van der Waals surface area contributed by atoms with E-state index in [0.717, 1.165) is 0 Å². The van der Waals surface area contributed by atoms with Gasteiger partial charge in [0.15, 0.2) is 0 Å². The minimum atomic E-state index is -1.30. The van der Waals surface area contributed by atoms with Crippen LogP contribution in [0.25, 0.3) is 0 Å². The van der Waals surface area contributed by atoms with E-state index in [2.05, 4.69) is 6.58 Å². The van der Waals surface area contributed by atoms with E-state index in [4.69, 9.17) is 19.7 Å². The molecule has 0 bridgehead atoms. The smallest absolute Gasteiger partial charge is 0.333 e. The Hall–Kier alpha value is -1.40. The maximum absolute atomic E-state index is 11.5. The van der Waals surface area contributed by atoms with E-state index in [-0.39, 0.29) is 13.2 Å². The summed E-state index contributed by atoms with van der Waals surface area (Å²) in [6, 6.07) is 0. The Balaban J connectivity index is 3.83. The molecule has 0 aliphatic rings. The molecule has 0 radical (unpaired) electrons. The van der Waals surface area contributed by atoms with Crippen molar-refractivity contribution in [2.45, 2.75) is 20.3 Å². The molecule has 0 aromatic heterocycles. The topological polar surface area (TPSA) is 93.1 Å². The number of hydrogen-bond donors (Lipinski definition) is 2. The Bertz CT molecular complexity index is 306. The molecule has 0 amide bonds. The van der Waals surface area contributed by atoms with E-state index in [9.17, 15) is 9.59 Å². The Kier molecular flexibility index (Phi) is 7.23. The van der Waals surface area contributed by atoms with Crippen LogP contribution in [0.4, 0.5) is 0 Å². The lowest BCUT2D eigenvalue weighted by molar-refractivity contribution is -0.160. The predicted molar refractivity (Wildman–Crippen MR) is 63.6 cm³/mol. The first-order valence-corrected chi connectivity index (χ1v) is 5.59. The standard InChI is InChI=1S/C12H20O6/c1-9(2)10(15)17-5-4-6-18-11(16)12(3,7-13)8-14/h13-14H,1,4-8H2,2-3H3. The SMILES string of the molecule is C=C(C)C(=O)OCCCOC(=O)C(C)(CO)CO. The Morgan fingerprint density at radius 3 is 2.11 bits per heavy atom. The van der Waals surface area contributed by atoms with Gasteiger partial charge in [-0.25, -0.2) is 4.79 Å². The molecule has 18 heavy (non-hydrogen) atoms. The van der Waals surface area contributed by atoms with E-state index in [1.807, 2.05) is 0 Å². The van der Waals surface area contributed by atoms with E-state index in [1.165, 1.54) is 13.8 Å². The van der Waals surface area contributed by atoms with Gasteiger partial charge in [-0.1, -0.05) is 6.58 Å². The Morgan fingerprint density at radius 1 is 1.17 bits per heavy atom. The molecule has 0 aromatic carbocycles. The first-order valence-electron chi connectivity index (χ1n) is 5.59. The maximum Gasteiger partial charge on any atom is 0.333 e. The van der Waals surface area contributed by atoms with E-state index in [1.54, 1.807) is 0 Å². The third-order valence-electron chi connectivity index (χ3n) is 2.29. The van der Waals surface area contributed by atoms with E-state index < -0.39 is 30.6 Å². The summed E-state index contributed by atoms with van der Waals surface area (Å²) in [5.74, 6) is -1.17. The summed E-state index contributed by atoms with van der Waals surface area (Å²) >= 11 is 0. The molecule has 2 N–H and O–H groups in total. The quantitative estimate of drug-likeness (QED) is 0.363. The highest BCUT2D eigenvalue weighted by Crippen LogP contribution is 2.16. The van der Waals surface area contributed by atoms with Crippen molar-refractivity contribution in [1.29, 1.82) is 0 Å². The van der Waals surface area contributed by atoms with Crippen molar-refractivity contribution in [2.75, 3.05) is 26.4 Å². The van der Waals surface area contributed by atoms with Gasteiger partial charge in [0.1, 0.15) is 5.41 Å². The number of ether oxygens (including phenoxy) is 2. The zero-order valence-corrected chi connectivity index (χ0v) is 10.8. The number of carbonyl (C=O) groups is 2. The molecule has 6 nitrogen and oxygen atoms in total. The van der Waals surface area contributed by atoms with E-state index in [0.29, 0.717) is 12.0 Å². The molecule has 0 atom stereocenters. The zero-order valence-electron chi connectivity index (χ0n) is 10.8. The molecule has 6 heteroatoms. The van der Waals surface area contributed by atoms with Crippen molar-refractivity contribution < 1.29 is 29.3 Å². The minimum absolute atomic E-state index is 0.0535. The average molecular weight is 260 g/mol. The maximum atomic E-state index is 11.5. The predicted octanol–water partition coefficient (Wildman–Crippen LogP) is 0.0299. The van der Waals surface area contributed by atoms with Crippen molar-refractivity contribution in [3.05, 3.63) is 12.2 Å². The van der Waals surface area contributed by atoms with Crippen LogP contribution in [0.15, 0.2) is 12.2 Å². The number of esters is 2. The van der Waals surface area contributed by atoms with Crippen molar-refractivity contribution in [1.82, 2.24) is 0 Å². The second kappa shape index (κ2) is 7.84. The van der Waals surface area contributed by atoms with Crippen molar-refractivity contribution in [2.24, 2.45) is 5.41 Å². The second-order valence-electron chi connectivity index (χ2n) is 4.28. The van der Waals surface area contributed by atoms with Crippen LogP contribution in [0.5, 0.6) is 0 Å². The minimum Gasteiger partial charge on any atom is -0.465 e. The van der Waals surface area contributed by atoms with Crippen LogP contribution in [0, 0.1) is 5.41 Å². The third-order valence-corrected chi connectivity index (χ3v) is 2.29. The van der Waals surface area contributed by atoms with Gasteiger partial charge in [0, 0.05) is 12.0 Å². The van der Waals surface area contributed by atoms with Crippen molar-refractivity contribution in [3.63, 3.8) is 0 Å². The number of hydrogen-bond acceptors (Lipinski definition) is 6. The molecule has 0 aromatic rings. The van der Waals surface area contributed by atoms with Crippen LogP contribution < -0.4 is 0 Å².